The van der Waals surface area contributed by atoms with Gasteiger partial charge in [0, 0.05) is 11.1 Å². The van der Waals surface area contributed by atoms with Crippen LogP contribution in [0.2, 0.25) is 0 Å². The minimum atomic E-state index is 0.186. The van der Waals surface area contributed by atoms with Crippen LogP contribution >= 0.6 is 0 Å². The molecule has 1 nitrogen and oxygen atoms in total. The Kier molecular flexibility index (Phi) is 4.39. The molecule has 0 aliphatic rings. The third kappa shape index (κ3) is 4.67. The van der Waals surface area contributed by atoms with Crippen molar-refractivity contribution in [3.05, 3.63) is 35.9 Å². The highest BCUT2D eigenvalue weighted by Crippen LogP contribution is 2.05. The second-order valence-electron chi connectivity index (χ2n) is 4.26. The van der Waals surface area contributed by atoms with Gasteiger partial charge >= 0.3 is 0 Å². The predicted molar refractivity (Wildman–Crippen MR) is 65.7 cm³/mol. The van der Waals surface area contributed by atoms with Crippen molar-refractivity contribution in [3.63, 3.8) is 0 Å². The first-order chi connectivity index (χ1) is 7.14. The summed E-state index contributed by atoms with van der Waals surface area (Å²) in [7, 11) is 0. The first-order valence-electron chi connectivity index (χ1n) is 5.43. The highest BCUT2D eigenvalue weighted by Gasteiger charge is 2.11. The molecule has 80 valence electrons. The van der Waals surface area contributed by atoms with E-state index in [9.17, 15) is 0 Å². The van der Waals surface area contributed by atoms with Crippen LogP contribution in [0.5, 0.6) is 0 Å². The Morgan fingerprint density at radius 1 is 1.20 bits per heavy atom. The second-order valence-corrected chi connectivity index (χ2v) is 4.26. The molecule has 0 saturated carbocycles. The summed E-state index contributed by atoms with van der Waals surface area (Å²) in [4.78, 5) is 0. The predicted octanol–water partition coefficient (Wildman–Crippen LogP) is 2.82. The number of benzene rings is 1. The molecule has 0 radical (unpaired) electrons. The lowest BCUT2D eigenvalue weighted by molar-refractivity contribution is 0.397. The van der Waals surface area contributed by atoms with Gasteiger partial charge in [-0.25, -0.2) is 0 Å². The van der Waals surface area contributed by atoms with Gasteiger partial charge in [-0.05, 0) is 32.4 Å². The highest BCUT2D eigenvalue weighted by atomic mass is 14.9. The quantitative estimate of drug-likeness (QED) is 0.741. The van der Waals surface area contributed by atoms with Gasteiger partial charge in [-0.1, -0.05) is 37.0 Å². The van der Waals surface area contributed by atoms with E-state index in [4.69, 9.17) is 0 Å². The van der Waals surface area contributed by atoms with Crippen molar-refractivity contribution in [2.45, 2.75) is 32.7 Å². The number of rotatable bonds is 3. The van der Waals surface area contributed by atoms with Gasteiger partial charge in [-0.2, -0.15) is 0 Å². The van der Waals surface area contributed by atoms with Crippen LogP contribution in [0.15, 0.2) is 30.3 Å². The average Bonchev–Trinajstić information content (AvgIpc) is 2.26. The van der Waals surface area contributed by atoms with Gasteiger partial charge in [0.05, 0.1) is 6.54 Å². The maximum absolute atomic E-state index is 3.41. The van der Waals surface area contributed by atoms with Crippen LogP contribution < -0.4 is 5.32 Å². The smallest absolute Gasteiger partial charge is 0.0584 e. The monoisotopic (exact) mass is 201 g/mol. The van der Waals surface area contributed by atoms with Crippen LogP contribution in [0.25, 0.3) is 0 Å². The van der Waals surface area contributed by atoms with E-state index in [-0.39, 0.29) is 5.54 Å². The van der Waals surface area contributed by atoms with Gasteiger partial charge in [-0.3, -0.25) is 0 Å². The molecule has 0 aliphatic carbocycles. The van der Waals surface area contributed by atoms with E-state index in [0.29, 0.717) is 0 Å². The normalized spacial score (nSPS) is 10.6. The zero-order chi connectivity index (χ0) is 11.1. The van der Waals surface area contributed by atoms with Gasteiger partial charge in [0.15, 0.2) is 0 Å². The second kappa shape index (κ2) is 5.58. The van der Waals surface area contributed by atoms with Crippen LogP contribution in [-0.4, -0.2) is 12.1 Å². The molecule has 0 unspecified atom stereocenters. The summed E-state index contributed by atoms with van der Waals surface area (Å²) in [6.45, 7) is 7.31. The first kappa shape index (κ1) is 11.8. The molecule has 0 aromatic heterocycles. The zero-order valence-electron chi connectivity index (χ0n) is 9.80. The summed E-state index contributed by atoms with van der Waals surface area (Å²) in [5.74, 6) is 6.26. The van der Waals surface area contributed by atoms with Crippen LogP contribution in [0.3, 0.4) is 0 Å². The molecular weight excluding hydrogens is 182 g/mol. The maximum Gasteiger partial charge on any atom is 0.0584 e. The minimum absolute atomic E-state index is 0.186. The molecule has 1 heteroatoms. The van der Waals surface area contributed by atoms with Gasteiger partial charge in [0.2, 0.25) is 0 Å². The standard InChI is InChI=1S/C14H19N/c1-4-14(2,3)15-12-8-11-13-9-6-5-7-10-13/h5-7,9-10,15H,4,12H2,1-3H3. The third-order valence-electron chi connectivity index (χ3n) is 2.55. The Morgan fingerprint density at radius 3 is 2.47 bits per heavy atom. The van der Waals surface area contributed by atoms with Crippen molar-refractivity contribution in [2.75, 3.05) is 6.54 Å². The lowest BCUT2D eigenvalue weighted by Crippen LogP contribution is -2.38. The molecule has 0 bridgehead atoms. The van der Waals surface area contributed by atoms with Crippen molar-refractivity contribution in [1.29, 1.82) is 0 Å². The Morgan fingerprint density at radius 2 is 1.87 bits per heavy atom. The minimum Gasteiger partial charge on any atom is -0.301 e. The number of nitrogens with one attached hydrogen (secondary N) is 1. The Balaban J connectivity index is 2.42. The van der Waals surface area contributed by atoms with Crippen molar-refractivity contribution >= 4 is 0 Å². The summed E-state index contributed by atoms with van der Waals surface area (Å²) in [6, 6.07) is 10.1. The Labute approximate surface area is 92.9 Å². The molecule has 1 aromatic carbocycles. The average molecular weight is 201 g/mol. The Bertz CT molecular complexity index is 341. The van der Waals surface area contributed by atoms with Crippen LogP contribution in [0, 0.1) is 11.8 Å². The third-order valence-corrected chi connectivity index (χ3v) is 2.55. The largest absolute Gasteiger partial charge is 0.301 e. The van der Waals surface area contributed by atoms with Crippen molar-refractivity contribution in [1.82, 2.24) is 5.32 Å². The fourth-order valence-corrected chi connectivity index (χ4v) is 1.08. The van der Waals surface area contributed by atoms with Gasteiger partial charge in [0.1, 0.15) is 0 Å². The van der Waals surface area contributed by atoms with E-state index in [1.54, 1.807) is 0 Å². The van der Waals surface area contributed by atoms with Gasteiger partial charge in [0.25, 0.3) is 0 Å². The SMILES string of the molecule is CCC(C)(C)NCC#Cc1ccccc1. The molecule has 0 fully saturated rings. The van der Waals surface area contributed by atoms with Gasteiger partial charge in [-0.15, -0.1) is 0 Å². The van der Waals surface area contributed by atoms with E-state index >= 15 is 0 Å². The van der Waals surface area contributed by atoms with E-state index in [2.05, 4.69) is 37.9 Å². The summed E-state index contributed by atoms with van der Waals surface area (Å²) >= 11 is 0. The molecule has 1 N–H and O–H groups in total. The molecule has 0 aliphatic heterocycles. The van der Waals surface area contributed by atoms with Crippen LogP contribution in [0.4, 0.5) is 0 Å². The van der Waals surface area contributed by atoms with E-state index in [1.807, 2.05) is 30.3 Å². The number of hydrogen-bond donors (Lipinski definition) is 1. The van der Waals surface area contributed by atoms with E-state index < -0.39 is 0 Å². The molecule has 1 rings (SSSR count). The number of hydrogen-bond acceptors (Lipinski definition) is 1. The van der Waals surface area contributed by atoms with Crippen LogP contribution in [-0.2, 0) is 0 Å². The lowest BCUT2D eigenvalue weighted by Gasteiger charge is -2.22. The van der Waals surface area contributed by atoms with E-state index in [1.165, 1.54) is 0 Å². The van der Waals surface area contributed by atoms with Gasteiger partial charge < -0.3 is 5.32 Å². The molecule has 15 heavy (non-hydrogen) atoms. The Hall–Kier alpha value is -1.26. The molecule has 0 spiro atoms. The first-order valence-corrected chi connectivity index (χ1v) is 5.43. The van der Waals surface area contributed by atoms with E-state index in [0.717, 1.165) is 18.5 Å². The molecule has 1 aromatic rings. The fraction of sp³-hybridized carbons (Fsp3) is 0.429. The topological polar surface area (TPSA) is 12.0 Å². The molecule has 0 saturated heterocycles. The molecule has 0 amide bonds. The molecule has 0 atom stereocenters. The van der Waals surface area contributed by atoms with Crippen LogP contribution in [0.1, 0.15) is 32.8 Å². The van der Waals surface area contributed by atoms with Crippen molar-refractivity contribution < 1.29 is 0 Å². The van der Waals surface area contributed by atoms with Crippen molar-refractivity contribution in [3.8, 4) is 11.8 Å². The summed E-state index contributed by atoms with van der Waals surface area (Å²) < 4.78 is 0. The molecular formula is C14H19N. The summed E-state index contributed by atoms with van der Waals surface area (Å²) in [6.07, 6.45) is 1.11. The molecule has 0 heterocycles. The van der Waals surface area contributed by atoms with Crippen molar-refractivity contribution in [2.24, 2.45) is 0 Å². The summed E-state index contributed by atoms with van der Waals surface area (Å²) in [5.41, 5.74) is 1.26. The maximum atomic E-state index is 3.41. The highest BCUT2D eigenvalue weighted by molar-refractivity contribution is 5.33. The lowest BCUT2D eigenvalue weighted by atomic mass is 10.0. The summed E-state index contributed by atoms with van der Waals surface area (Å²) in [5, 5.41) is 3.41. The zero-order valence-corrected chi connectivity index (χ0v) is 9.80. The fourth-order valence-electron chi connectivity index (χ4n) is 1.08.